The molecule has 0 saturated heterocycles. The summed E-state index contributed by atoms with van der Waals surface area (Å²) in [6, 6.07) is 11.3. The first-order chi connectivity index (χ1) is 9.42. The molecule has 3 nitrogen and oxygen atoms in total. The first-order valence-corrected chi connectivity index (χ1v) is 7.06. The Morgan fingerprint density at radius 1 is 1.05 bits per heavy atom. The van der Waals surface area contributed by atoms with Crippen molar-refractivity contribution in [2.45, 2.75) is 37.6 Å². The van der Waals surface area contributed by atoms with Crippen LogP contribution in [0.3, 0.4) is 0 Å². The second-order valence-electron chi connectivity index (χ2n) is 5.50. The number of nitrogens with zero attached hydrogens (tertiary/aromatic N) is 2. The van der Waals surface area contributed by atoms with E-state index in [-0.39, 0.29) is 0 Å². The van der Waals surface area contributed by atoms with Crippen LogP contribution in [0.1, 0.15) is 35.6 Å². The lowest BCUT2D eigenvalue weighted by atomic mass is 10.1. The summed E-state index contributed by atoms with van der Waals surface area (Å²) in [5, 5.41) is 3.61. The Hall–Kier alpha value is -1.90. The highest BCUT2D eigenvalue weighted by molar-refractivity contribution is 5.51. The van der Waals surface area contributed by atoms with E-state index in [1.165, 1.54) is 29.7 Å². The maximum absolute atomic E-state index is 4.44. The molecular formula is C16H17N3. The zero-order valence-corrected chi connectivity index (χ0v) is 10.8. The van der Waals surface area contributed by atoms with Crippen molar-refractivity contribution in [3.8, 4) is 0 Å². The van der Waals surface area contributed by atoms with Crippen LogP contribution in [-0.4, -0.2) is 16.0 Å². The molecule has 0 radical (unpaired) electrons. The van der Waals surface area contributed by atoms with E-state index in [1.807, 2.05) is 0 Å². The van der Waals surface area contributed by atoms with Crippen LogP contribution >= 0.6 is 0 Å². The first kappa shape index (κ1) is 11.0. The predicted molar refractivity (Wildman–Crippen MR) is 75.3 cm³/mol. The second kappa shape index (κ2) is 4.34. The van der Waals surface area contributed by atoms with Crippen LogP contribution in [0.2, 0.25) is 0 Å². The van der Waals surface area contributed by atoms with Gasteiger partial charge in [-0.2, -0.15) is 0 Å². The monoisotopic (exact) mass is 251 g/mol. The van der Waals surface area contributed by atoms with Crippen molar-refractivity contribution in [3.63, 3.8) is 0 Å². The Balaban J connectivity index is 1.51. The Morgan fingerprint density at radius 3 is 2.84 bits per heavy atom. The number of rotatable bonds is 3. The molecule has 3 heteroatoms. The molecule has 19 heavy (non-hydrogen) atoms. The molecule has 1 fully saturated rings. The van der Waals surface area contributed by atoms with Gasteiger partial charge in [-0.1, -0.05) is 30.3 Å². The normalized spacial score (nSPS) is 24.0. The standard InChI is InChI=1S/C16H17N3/c1-2-5-11(6-3-1)13-9-15(13)19-16-12-7-4-8-14(12)17-10-18-16/h1-3,5-6,10,13,15H,4,7-9H2,(H,17,18,19). The van der Waals surface area contributed by atoms with Gasteiger partial charge < -0.3 is 5.32 Å². The molecule has 1 aromatic heterocycles. The summed E-state index contributed by atoms with van der Waals surface area (Å²) in [6.07, 6.45) is 6.37. The van der Waals surface area contributed by atoms with E-state index in [0.717, 1.165) is 18.7 Å². The molecule has 96 valence electrons. The summed E-state index contributed by atoms with van der Waals surface area (Å²) >= 11 is 0. The highest BCUT2D eigenvalue weighted by atomic mass is 15.1. The van der Waals surface area contributed by atoms with Gasteiger partial charge in [-0.05, 0) is 31.2 Å². The summed E-state index contributed by atoms with van der Waals surface area (Å²) in [6.45, 7) is 0. The number of hydrogen-bond donors (Lipinski definition) is 1. The van der Waals surface area contributed by atoms with Gasteiger partial charge in [0.15, 0.2) is 0 Å². The largest absolute Gasteiger partial charge is 0.366 e. The van der Waals surface area contributed by atoms with Gasteiger partial charge in [0, 0.05) is 23.2 Å². The average Bonchev–Trinajstić information content (AvgIpc) is 3.05. The molecule has 0 spiro atoms. The van der Waals surface area contributed by atoms with Gasteiger partial charge in [0.2, 0.25) is 0 Å². The van der Waals surface area contributed by atoms with Crippen LogP contribution in [0, 0.1) is 0 Å². The molecule has 1 N–H and O–H groups in total. The van der Waals surface area contributed by atoms with Crippen LogP contribution in [0.15, 0.2) is 36.7 Å². The molecule has 1 saturated carbocycles. The fraction of sp³-hybridized carbons (Fsp3) is 0.375. The number of fused-ring (bicyclic) bond motifs is 1. The van der Waals surface area contributed by atoms with Crippen LogP contribution < -0.4 is 5.32 Å². The quantitative estimate of drug-likeness (QED) is 0.911. The van der Waals surface area contributed by atoms with Gasteiger partial charge in [-0.3, -0.25) is 0 Å². The van der Waals surface area contributed by atoms with Crippen LogP contribution in [0.4, 0.5) is 5.82 Å². The van der Waals surface area contributed by atoms with Crippen molar-refractivity contribution in [2.24, 2.45) is 0 Å². The summed E-state index contributed by atoms with van der Waals surface area (Å²) in [4.78, 5) is 8.81. The minimum atomic E-state index is 0.544. The van der Waals surface area contributed by atoms with E-state index < -0.39 is 0 Å². The Kier molecular flexibility index (Phi) is 2.50. The number of aromatic nitrogens is 2. The average molecular weight is 251 g/mol. The number of nitrogens with one attached hydrogen (secondary N) is 1. The Bertz CT molecular complexity index is 594. The molecule has 0 aliphatic heterocycles. The predicted octanol–water partition coefficient (Wildman–Crippen LogP) is 2.93. The summed E-state index contributed by atoms with van der Waals surface area (Å²) in [5.74, 6) is 1.72. The van der Waals surface area contributed by atoms with Gasteiger partial charge in [0.05, 0.1) is 0 Å². The van der Waals surface area contributed by atoms with Crippen molar-refractivity contribution in [1.82, 2.24) is 9.97 Å². The summed E-state index contributed by atoms with van der Waals surface area (Å²) < 4.78 is 0. The zero-order chi connectivity index (χ0) is 12.7. The highest BCUT2D eigenvalue weighted by Crippen LogP contribution is 2.43. The van der Waals surface area contributed by atoms with Gasteiger partial charge >= 0.3 is 0 Å². The van der Waals surface area contributed by atoms with Crippen molar-refractivity contribution < 1.29 is 0 Å². The molecule has 4 rings (SSSR count). The Labute approximate surface area is 113 Å². The minimum Gasteiger partial charge on any atom is -0.366 e. The topological polar surface area (TPSA) is 37.8 Å². The van der Waals surface area contributed by atoms with Crippen LogP contribution in [0.25, 0.3) is 0 Å². The van der Waals surface area contributed by atoms with Gasteiger partial charge in [-0.15, -0.1) is 0 Å². The third-order valence-corrected chi connectivity index (χ3v) is 4.22. The van der Waals surface area contributed by atoms with Crippen LogP contribution in [-0.2, 0) is 12.8 Å². The van der Waals surface area contributed by atoms with Crippen LogP contribution in [0.5, 0.6) is 0 Å². The molecule has 0 amide bonds. The maximum atomic E-state index is 4.44. The van der Waals surface area contributed by atoms with E-state index in [2.05, 4.69) is 45.6 Å². The van der Waals surface area contributed by atoms with E-state index in [0.29, 0.717) is 12.0 Å². The maximum Gasteiger partial charge on any atom is 0.133 e. The van der Waals surface area contributed by atoms with Gasteiger partial charge in [-0.25, -0.2) is 9.97 Å². The fourth-order valence-corrected chi connectivity index (χ4v) is 3.08. The van der Waals surface area contributed by atoms with E-state index >= 15 is 0 Å². The van der Waals surface area contributed by atoms with Gasteiger partial charge in [0.25, 0.3) is 0 Å². The molecule has 2 aliphatic carbocycles. The number of anilines is 1. The highest BCUT2D eigenvalue weighted by Gasteiger charge is 2.39. The SMILES string of the molecule is c1ccc(C2CC2Nc2ncnc3c2CCC3)cc1. The molecule has 2 aliphatic rings. The number of benzene rings is 1. The molecule has 0 bridgehead atoms. The lowest BCUT2D eigenvalue weighted by Crippen LogP contribution is -2.09. The second-order valence-corrected chi connectivity index (χ2v) is 5.50. The van der Waals surface area contributed by atoms with Gasteiger partial charge in [0.1, 0.15) is 12.1 Å². The lowest BCUT2D eigenvalue weighted by Gasteiger charge is -2.09. The number of hydrogen-bond acceptors (Lipinski definition) is 3. The molecule has 2 aromatic rings. The van der Waals surface area contributed by atoms with Crippen molar-refractivity contribution in [3.05, 3.63) is 53.5 Å². The van der Waals surface area contributed by atoms with E-state index in [4.69, 9.17) is 0 Å². The van der Waals surface area contributed by atoms with Crippen molar-refractivity contribution in [2.75, 3.05) is 5.32 Å². The molecule has 2 atom stereocenters. The third-order valence-electron chi connectivity index (χ3n) is 4.22. The molecule has 1 aromatic carbocycles. The molecular weight excluding hydrogens is 234 g/mol. The summed E-state index contributed by atoms with van der Waals surface area (Å²) in [5.41, 5.74) is 4.03. The lowest BCUT2D eigenvalue weighted by molar-refractivity contribution is 0.899. The third kappa shape index (κ3) is 1.99. The summed E-state index contributed by atoms with van der Waals surface area (Å²) in [7, 11) is 0. The zero-order valence-electron chi connectivity index (χ0n) is 10.8. The molecule has 2 unspecified atom stereocenters. The molecule has 1 heterocycles. The Morgan fingerprint density at radius 2 is 1.95 bits per heavy atom. The first-order valence-electron chi connectivity index (χ1n) is 7.06. The van der Waals surface area contributed by atoms with Crippen molar-refractivity contribution in [1.29, 1.82) is 0 Å². The smallest absolute Gasteiger partial charge is 0.133 e. The fourth-order valence-electron chi connectivity index (χ4n) is 3.08. The van der Waals surface area contributed by atoms with E-state index in [1.54, 1.807) is 6.33 Å². The minimum absolute atomic E-state index is 0.544. The van der Waals surface area contributed by atoms with E-state index in [9.17, 15) is 0 Å². The number of aryl methyl sites for hydroxylation is 1. The van der Waals surface area contributed by atoms with Crippen molar-refractivity contribution >= 4 is 5.82 Å².